The Balaban J connectivity index is 1.56. The zero-order chi connectivity index (χ0) is 22.7. The lowest BCUT2D eigenvalue weighted by atomic mass is 9.97. The van der Waals surface area contributed by atoms with Crippen molar-refractivity contribution in [2.24, 2.45) is 5.10 Å². The first-order valence-electron chi connectivity index (χ1n) is 11.4. The Morgan fingerprint density at radius 2 is 1.88 bits per heavy atom. The van der Waals surface area contributed by atoms with Gasteiger partial charge in [0, 0.05) is 18.0 Å². The highest BCUT2D eigenvalue weighted by molar-refractivity contribution is 6.03. The second-order valence-corrected chi connectivity index (χ2v) is 9.10. The lowest BCUT2D eigenvalue weighted by Gasteiger charge is -2.35. The molecule has 1 fully saturated rings. The number of benzene rings is 2. The van der Waals surface area contributed by atoms with E-state index in [9.17, 15) is 4.79 Å². The van der Waals surface area contributed by atoms with Crippen LogP contribution in [0.25, 0.3) is 0 Å². The second kappa shape index (κ2) is 9.84. The molecule has 0 spiro atoms. The van der Waals surface area contributed by atoms with Crippen molar-refractivity contribution < 1.29 is 9.53 Å². The van der Waals surface area contributed by atoms with Gasteiger partial charge >= 0.3 is 0 Å². The highest BCUT2D eigenvalue weighted by atomic mass is 16.5. The van der Waals surface area contributed by atoms with Crippen molar-refractivity contribution in [2.75, 3.05) is 40.8 Å². The molecular weight excluding hydrogens is 400 g/mol. The lowest BCUT2D eigenvalue weighted by Crippen LogP contribution is -2.45. The first kappa shape index (κ1) is 22.5. The molecule has 6 heteroatoms. The van der Waals surface area contributed by atoms with E-state index >= 15 is 0 Å². The summed E-state index contributed by atoms with van der Waals surface area (Å²) in [5.74, 6) is 0.846. The Morgan fingerprint density at radius 3 is 2.56 bits per heavy atom. The van der Waals surface area contributed by atoms with E-state index in [0.29, 0.717) is 19.0 Å². The molecule has 2 aromatic carbocycles. The molecule has 2 aliphatic rings. The molecule has 4 rings (SSSR count). The number of piperidine rings is 1. The lowest BCUT2D eigenvalue weighted by molar-refractivity contribution is -0.134. The van der Waals surface area contributed by atoms with Gasteiger partial charge in [-0.25, -0.2) is 5.01 Å². The number of likely N-dealkylation sites (N-methyl/N-ethyl adjacent to an activating group) is 1. The smallest absolute Gasteiger partial charge is 0.257 e. The molecule has 0 aliphatic carbocycles. The van der Waals surface area contributed by atoms with Crippen molar-refractivity contribution in [1.29, 1.82) is 0 Å². The molecule has 0 saturated carbocycles. The van der Waals surface area contributed by atoms with Crippen LogP contribution in [0, 0.1) is 6.92 Å². The summed E-state index contributed by atoms with van der Waals surface area (Å²) >= 11 is 0. The normalized spacial score (nSPS) is 20.0. The van der Waals surface area contributed by atoms with Crippen molar-refractivity contribution in [1.82, 2.24) is 14.8 Å². The van der Waals surface area contributed by atoms with E-state index in [1.165, 1.54) is 5.56 Å². The molecule has 1 saturated heterocycles. The van der Waals surface area contributed by atoms with Crippen molar-refractivity contribution in [3.8, 4) is 5.75 Å². The minimum atomic E-state index is -0.0878. The molecule has 0 radical (unpaired) electrons. The van der Waals surface area contributed by atoms with E-state index in [0.717, 1.165) is 48.5 Å². The van der Waals surface area contributed by atoms with Crippen LogP contribution in [0.1, 0.15) is 42.0 Å². The molecule has 0 bridgehead atoms. The highest BCUT2D eigenvalue weighted by Gasteiger charge is 2.34. The fourth-order valence-corrected chi connectivity index (χ4v) is 4.62. The molecule has 6 nitrogen and oxygen atoms in total. The van der Waals surface area contributed by atoms with Gasteiger partial charge in [0.25, 0.3) is 5.91 Å². The highest BCUT2D eigenvalue weighted by Crippen LogP contribution is 2.34. The molecule has 1 atom stereocenters. The van der Waals surface area contributed by atoms with Crippen LogP contribution in [0.5, 0.6) is 5.75 Å². The number of hydrazone groups is 1. The average molecular weight is 435 g/mol. The monoisotopic (exact) mass is 434 g/mol. The number of nitrogens with zero attached hydrogens (tertiary/aromatic N) is 4. The molecule has 2 heterocycles. The van der Waals surface area contributed by atoms with Crippen LogP contribution in [0.15, 0.2) is 53.6 Å². The van der Waals surface area contributed by atoms with E-state index < -0.39 is 0 Å². The standard InChI is InChI=1S/C26H34N4O2/c1-19-8-10-20(11-9-19)25-17-24(21-6-5-7-23(16-21)32-4)27-30(25)26(31)18-29(3)22-12-14-28(2)15-13-22/h5-11,16,22,25H,12-15,17-18H2,1-4H3. The van der Waals surface area contributed by atoms with Crippen LogP contribution in [0.2, 0.25) is 0 Å². The number of carbonyl (C=O) groups excluding carboxylic acids is 1. The van der Waals surface area contributed by atoms with Gasteiger partial charge in [-0.15, -0.1) is 0 Å². The summed E-state index contributed by atoms with van der Waals surface area (Å²) in [4.78, 5) is 18.0. The van der Waals surface area contributed by atoms with Crippen LogP contribution < -0.4 is 4.74 Å². The fraction of sp³-hybridized carbons (Fsp3) is 0.462. The summed E-state index contributed by atoms with van der Waals surface area (Å²) in [6, 6.07) is 16.7. The minimum Gasteiger partial charge on any atom is -0.497 e. The largest absolute Gasteiger partial charge is 0.497 e. The molecule has 2 aromatic rings. The number of methoxy groups -OCH3 is 1. The van der Waals surface area contributed by atoms with Crippen molar-refractivity contribution in [3.63, 3.8) is 0 Å². The Labute approximate surface area is 191 Å². The second-order valence-electron chi connectivity index (χ2n) is 9.10. The average Bonchev–Trinajstić information content (AvgIpc) is 3.26. The number of rotatable bonds is 6. The third-order valence-electron chi connectivity index (χ3n) is 6.73. The molecule has 2 aliphatic heterocycles. The molecular formula is C26H34N4O2. The number of hydrogen-bond acceptors (Lipinski definition) is 5. The SMILES string of the molecule is COc1cccc(C2=NN(C(=O)CN(C)C3CCN(C)CC3)C(c3ccc(C)cc3)C2)c1. The van der Waals surface area contributed by atoms with E-state index in [4.69, 9.17) is 9.84 Å². The van der Waals surface area contributed by atoms with Gasteiger partial charge in [0.1, 0.15) is 5.75 Å². The van der Waals surface area contributed by atoms with Gasteiger partial charge < -0.3 is 9.64 Å². The van der Waals surface area contributed by atoms with Crippen LogP contribution in [0.4, 0.5) is 0 Å². The van der Waals surface area contributed by atoms with Gasteiger partial charge in [0.05, 0.1) is 25.4 Å². The maximum atomic E-state index is 13.5. The molecule has 32 heavy (non-hydrogen) atoms. The number of hydrogen-bond donors (Lipinski definition) is 0. The molecule has 170 valence electrons. The Kier molecular flexibility index (Phi) is 6.92. The third kappa shape index (κ3) is 5.03. The van der Waals surface area contributed by atoms with Gasteiger partial charge in [-0.3, -0.25) is 9.69 Å². The van der Waals surface area contributed by atoms with E-state index in [-0.39, 0.29) is 11.9 Å². The zero-order valence-corrected chi connectivity index (χ0v) is 19.6. The molecule has 1 unspecified atom stereocenters. The van der Waals surface area contributed by atoms with Gasteiger partial charge in [0.2, 0.25) is 0 Å². The predicted molar refractivity (Wildman–Crippen MR) is 128 cm³/mol. The summed E-state index contributed by atoms with van der Waals surface area (Å²) in [6.07, 6.45) is 2.89. The summed E-state index contributed by atoms with van der Waals surface area (Å²) in [6.45, 7) is 4.62. The van der Waals surface area contributed by atoms with Crippen molar-refractivity contribution in [2.45, 2.75) is 38.3 Å². The van der Waals surface area contributed by atoms with E-state index in [1.54, 1.807) is 12.1 Å². The number of ether oxygens (including phenoxy) is 1. The summed E-state index contributed by atoms with van der Waals surface area (Å²) in [5, 5.41) is 6.55. The van der Waals surface area contributed by atoms with Crippen molar-refractivity contribution in [3.05, 3.63) is 65.2 Å². The van der Waals surface area contributed by atoms with Crippen LogP contribution in [-0.4, -0.2) is 73.3 Å². The predicted octanol–water partition coefficient (Wildman–Crippen LogP) is 3.71. The van der Waals surface area contributed by atoms with E-state index in [2.05, 4.69) is 55.1 Å². The van der Waals surface area contributed by atoms with Crippen LogP contribution >= 0.6 is 0 Å². The fourth-order valence-electron chi connectivity index (χ4n) is 4.62. The zero-order valence-electron chi connectivity index (χ0n) is 19.6. The third-order valence-corrected chi connectivity index (χ3v) is 6.73. The Bertz CT molecular complexity index is 964. The first-order valence-corrected chi connectivity index (χ1v) is 11.4. The number of amides is 1. The molecule has 0 aromatic heterocycles. The van der Waals surface area contributed by atoms with Crippen LogP contribution in [-0.2, 0) is 4.79 Å². The topological polar surface area (TPSA) is 48.4 Å². The summed E-state index contributed by atoms with van der Waals surface area (Å²) in [5.41, 5.74) is 4.25. The molecule has 1 amide bonds. The Hall–Kier alpha value is -2.70. The van der Waals surface area contributed by atoms with Crippen molar-refractivity contribution >= 4 is 11.6 Å². The number of aryl methyl sites for hydroxylation is 1. The maximum absolute atomic E-state index is 13.5. The number of carbonyl (C=O) groups is 1. The summed E-state index contributed by atoms with van der Waals surface area (Å²) < 4.78 is 5.40. The van der Waals surface area contributed by atoms with E-state index in [1.807, 2.05) is 24.3 Å². The summed E-state index contributed by atoms with van der Waals surface area (Å²) in [7, 11) is 5.89. The first-order chi connectivity index (χ1) is 15.4. The minimum absolute atomic E-state index is 0.0508. The van der Waals surface area contributed by atoms with Crippen LogP contribution in [0.3, 0.4) is 0 Å². The quantitative estimate of drug-likeness (QED) is 0.696. The van der Waals surface area contributed by atoms with Gasteiger partial charge in [-0.05, 0) is 64.6 Å². The van der Waals surface area contributed by atoms with Gasteiger partial charge in [-0.2, -0.15) is 5.10 Å². The van der Waals surface area contributed by atoms with Gasteiger partial charge in [-0.1, -0.05) is 42.0 Å². The Morgan fingerprint density at radius 1 is 1.16 bits per heavy atom. The number of likely N-dealkylation sites (tertiary alicyclic amines) is 1. The maximum Gasteiger partial charge on any atom is 0.257 e. The van der Waals surface area contributed by atoms with Gasteiger partial charge in [0.15, 0.2) is 0 Å². The molecule has 0 N–H and O–H groups in total.